The monoisotopic (exact) mass is 476 g/mol. The molecule has 0 aromatic carbocycles. The first-order chi connectivity index (χ1) is 14.2. The quantitative estimate of drug-likeness (QED) is 0.357. The van der Waals surface area contributed by atoms with Crippen LogP contribution in [0.15, 0.2) is 0 Å². The Morgan fingerprint density at radius 3 is 1.69 bits per heavy atom. The lowest BCUT2D eigenvalue weighted by atomic mass is 9.78. The third kappa shape index (κ3) is 5.62. The van der Waals surface area contributed by atoms with Crippen molar-refractivity contribution in [2.24, 2.45) is 23.2 Å². The molecular weight excluding hydrogens is 446 g/mol. The molecule has 2 aliphatic carbocycles. The second kappa shape index (κ2) is 8.27. The van der Waals surface area contributed by atoms with Crippen LogP contribution in [0.2, 0.25) is 0 Å². The van der Waals surface area contributed by atoms with Crippen molar-refractivity contribution in [1.82, 2.24) is 0 Å². The van der Waals surface area contributed by atoms with Crippen molar-refractivity contribution in [2.45, 2.75) is 96.9 Å². The van der Waals surface area contributed by atoms with Crippen molar-refractivity contribution in [3.8, 4) is 0 Å². The van der Waals surface area contributed by atoms with Crippen LogP contribution < -0.4 is 0 Å². The third-order valence-electron chi connectivity index (χ3n) is 5.92. The van der Waals surface area contributed by atoms with Crippen LogP contribution in [0.1, 0.15) is 67.2 Å². The van der Waals surface area contributed by atoms with E-state index in [1.165, 1.54) is 20.8 Å². The summed E-state index contributed by atoms with van der Waals surface area (Å²) in [5.41, 5.74) is -6.80. The van der Waals surface area contributed by atoms with Gasteiger partial charge in [-0.1, -0.05) is 0 Å². The third-order valence-corrected chi connectivity index (χ3v) is 5.92. The highest BCUT2D eigenvalue weighted by atomic mass is 19.4. The fraction of sp³-hybridized carbons (Fsp3) is 0.905. The predicted octanol–water partition coefficient (Wildman–Crippen LogP) is 6.20. The summed E-state index contributed by atoms with van der Waals surface area (Å²) in [5, 5.41) is 0. The van der Waals surface area contributed by atoms with Crippen LogP contribution >= 0.6 is 0 Å². The van der Waals surface area contributed by atoms with E-state index in [0.717, 1.165) is 0 Å². The fourth-order valence-corrected chi connectivity index (χ4v) is 4.38. The van der Waals surface area contributed by atoms with Crippen LogP contribution in [0.25, 0.3) is 0 Å². The second-order valence-corrected chi connectivity index (χ2v) is 10.8. The Labute approximate surface area is 183 Å². The lowest BCUT2D eigenvalue weighted by Crippen LogP contribution is -2.61. The Bertz CT molecular complexity index is 702. The van der Waals surface area contributed by atoms with Gasteiger partial charge in [-0.25, -0.2) is 4.79 Å². The molecule has 0 amide bonds. The molecule has 0 heterocycles. The molecule has 2 bridgehead atoms. The van der Waals surface area contributed by atoms with Crippen LogP contribution in [0.4, 0.5) is 31.1 Å². The van der Waals surface area contributed by atoms with Gasteiger partial charge in [0.25, 0.3) is 0 Å². The number of halogens is 6. The molecule has 186 valence electrons. The van der Waals surface area contributed by atoms with E-state index in [9.17, 15) is 35.9 Å². The van der Waals surface area contributed by atoms with Gasteiger partial charge in [0.15, 0.2) is 0 Å². The zero-order valence-corrected chi connectivity index (χ0v) is 18.9. The number of carbonyl (C=O) groups excluding carboxylic acids is 2. The Morgan fingerprint density at radius 2 is 1.31 bits per heavy atom. The second-order valence-electron chi connectivity index (χ2n) is 10.8. The average Bonchev–Trinajstić information content (AvgIpc) is 3.08. The maximum Gasteiger partial charge on any atom is 0.510 e. The summed E-state index contributed by atoms with van der Waals surface area (Å²) >= 11 is 0. The molecule has 0 saturated heterocycles. The van der Waals surface area contributed by atoms with E-state index in [0.29, 0.717) is 6.42 Å². The van der Waals surface area contributed by atoms with Crippen molar-refractivity contribution >= 4 is 12.1 Å². The lowest BCUT2D eigenvalue weighted by molar-refractivity contribution is -0.374. The number of ether oxygens (including phenoxy) is 3. The summed E-state index contributed by atoms with van der Waals surface area (Å²) in [4.78, 5) is 24.0. The number of rotatable bonds is 4. The maximum absolute atomic E-state index is 13.8. The van der Waals surface area contributed by atoms with E-state index >= 15 is 0 Å². The SMILES string of the molecule is CC(C)(C)OC(=O)OC(CC1CC2CC1CC2OC(=O)C(C)(C)C)(C(F)(F)F)C(F)(F)F. The summed E-state index contributed by atoms with van der Waals surface area (Å²) in [6.45, 7) is 8.85. The van der Waals surface area contributed by atoms with E-state index in [1.54, 1.807) is 20.8 Å². The maximum atomic E-state index is 13.8. The highest BCUT2D eigenvalue weighted by molar-refractivity contribution is 5.75. The number of hydrogen-bond acceptors (Lipinski definition) is 5. The van der Waals surface area contributed by atoms with Gasteiger partial charge in [-0.2, -0.15) is 26.3 Å². The molecule has 2 aliphatic rings. The Morgan fingerprint density at radius 1 is 0.781 bits per heavy atom. The molecule has 0 spiro atoms. The topological polar surface area (TPSA) is 61.8 Å². The average molecular weight is 476 g/mol. The molecule has 4 atom stereocenters. The molecule has 0 N–H and O–H groups in total. The van der Waals surface area contributed by atoms with Gasteiger partial charge in [0.05, 0.1) is 5.41 Å². The van der Waals surface area contributed by atoms with Crippen molar-refractivity contribution in [3.63, 3.8) is 0 Å². The van der Waals surface area contributed by atoms with Crippen LogP contribution in [0.5, 0.6) is 0 Å². The highest BCUT2D eigenvalue weighted by Gasteiger charge is 2.75. The van der Waals surface area contributed by atoms with Gasteiger partial charge < -0.3 is 14.2 Å². The Hall–Kier alpha value is -1.68. The number of alkyl halides is 6. The van der Waals surface area contributed by atoms with E-state index in [-0.39, 0.29) is 18.8 Å². The van der Waals surface area contributed by atoms with E-state index in [4.69, 9.17) is 4.74 Å². The predicted molar refractivity (Wildman–Crippen MR) is 100 cm³/mol. The van der Waals surface area contributed by atoms with Crippen molar-refractivity contribution in [2.75, 3.05) is 0 Å². The summed E-state index contributed by atoms with van der Waals surface area (Å²) in [6, 6.07) is 0. The van der Waals surface area contributed by atoms with Crippen molar-refractivity contribution in [3.05, 3.63) is 0 Å². The molecule has 32 heavy (non-hydrogen) atoms. The molecule has 0 aliphatic heterocycles. The molecular formula is C21H30F6O5. The van der Waals surface area contributed by atoms with Gasteiger partial charge in [0.2, 0.25) is 0 Å². The first-order valence-corrected chi connectivity index (χ1v) is 10.4. The van der Waals surface area contributed by atoms with Crippen LogP contribution in [-0.2, 0) is 19.0 Å². The summed E-state index contributed by atoms with van der Waals surface area (Å²) in [6.07, 6.45) is -15.3. The molecule has 2 saturated carbocycles. The van der Waals surface area contributed by atoms with Crippen molar-refractivity contribution < 1.29 is 50.1 Å². The molecule has 4 unspecified atom stereocenters. The van der Waals surface area contributed by atoms with Gasteiger partial charge in [0.1, 0.15) is 11.7 Å². The highest BCUT2D eigenvalue weighted by Crippen LogP contribution is 2.57. The molecule has 5 nitrogen and oxygen atoms in total. The smallest absolute Gasteiger partial charge is 0.462 e. The Kier molecular flexibility index (Phi) is 6.87. The molecule has 2 fully saturated rings. The van der Waals surface area contributed by atoms with Crippen LogP contribution in [0.3, 0.4) is 0 Å². The number of esters is 1. The standard InChI is InChI=1S/C21H30F6O5/c1-17(2,3)15(28)30-14-9-11-7-12(14)8-13(11)10-19(20(22,23)24,21(25,26)27)32-16(29)31-18(4,5)6/h11-14H,7-10H2,1-6H3. The lowest BCUT2D eigenvalue weighted by Gasteiger charge is -2.40. The number of carbonyl (C=O) groups is 2. The first-order valence-electron chi connectivity index (χ1n) is 10.4. The fourth-order valence-electron chi connectivity index (χ4n) is 4.38. The summed E-state index contributed by atoms with van der Waals surface area (Å²) < 4.78 is 97.0. The minimum atomic E-state index is -5.90. The van der Waals surface area contributed by atoms with E-state index in [2.05, 4.69) is 9.47 Å². The number of fused-ring (bicyclic) bond motifs is 2. The molecule has 0 aromatic heterocycles. The van der Waals surface area contributed by atoms with Gasteiger partial charge in [0, 0.05) is 6.42 Å². The van der Waals surface area contributed by atoms with Gasteiger partial charge >= 0.3 is 30.1 Å². The van der Waals surface area contributed by atoms with Gasteiger partial charge in [-0.05, 0) is 78.6 Å². The Balaban J connectivity index is 2.22. The normalized spacial score (nSPS) is 26.8. The van der Waals surface area contributed by atoms with Crippen LogP contribution in [-0.4, -0.2) is 41.8 Å². The van der Waals surface area contributed by atoms with Gasteiger partial charge in [-0.3, -0.25) is 4.79 Å². The molecule has 11 heteroatoms. The first kappa shape index (κ1) is 26.6. The minimum Gasteiger partial charge on any atom is -0.462 e. The summed E-state index contributed by atoms with van der Waals surface area (Å²) in [5.74, 6) is -2.32. The van der Waals surface area contributed by atoms with E-state index in [1.807, 2.05) is 0 Å². The molecule has 0 aromatic rings. The van der Waals surface area contributed by atoms with Gasteiger partial charge in [-0.15, -0.1) is 0 Å². The van der Waals surface area contributed by atoms with E-state index < -0.39 is 65.5 Å². The van der Waals surface area contributed by atoms with Crippen LogP contribution in [0, 0.1) is 23.2 Å². The number of hydrogen-bond donors (Lipinski definition) is 0. The largest absolute Gasteiger partial charge is 0.510 e. The van der Waals surface area contributed by atoms with Crippen molar-refractivity contribution in [1.29, 1.82) is 0 Å². The zero-order chi connectivity index (χ0) is 24.9. The zero-order valence-electron chi connectivity index (χ0n) is 18.9. The minimum absolute atomic E-state index is 0.0122. The molecule has 0 radical (unpaired) electrons. The summed E-state index contributed by atoms with van der Waals surface area (Å²) in [7, 11) is 0. The molecule has 2 rings (SSSR count).